The van der Waals surface area contributed by atoms with E-state index in [-0.39, 0.29) is 5.91 Å². The molecule has 19 heavy (non-hydrogen) atoms. The smallest absolute Gasteiger partial charge is 0.217 e. The first-order chi connectivity index (χ1) is 9.01. The van der Waals surface area contributed by atoms with E-state index in [0.29, 0.717) is 6.61 Å². The summed E-state index contributed by atoms with van der Waals surface area (Å²) in [4.78, 5) is 11.1. The Morgan fingerprint density at radius 2 is 2.05 bits per heavy atom. The molecule has 0 aromatic rings. The van der Waals surface area contributed by atoms with Crippen LogP contribution >= 0.6 is 0 Å². The lowest BCUT2D eigenvalue weighted by molar-refractivity contribution is -0.270. The highest BCUT2D eigenvalue weighted by atomic mass is 16.7. The molecule has 0 bridgehead atoms. The fraction of sp³-hybridized carbons (Fsp3) is 0.917. The van der Waals surface area contributed by atoms with Crippen molar-refractivity contribution >= 4 is 5.91 Å². The summed E-state index contributed by atoms with van der Waals surface area (Å²) in [6, 6.07) is -0.854. The molecule has 7 nitrogen and oxygen atoms in total. The van der Waals surface area contributed by atoms with Gasteiger partial charge in [0, 0.05) is 13.5 Å². The third-order valence-electron chi connectivity index (χ3n) is 3.03. The normalized spacial score (nSPS) is 35.1. The second-order valence-corrected chi connectivity index (χ2v) is 4.66. The Morgan fingerprint density at radius 1 is 1.37 bits per heavy atom. The largest absolute Gasteiger partial charge is 0.394 e. The molecule has 0 unspecified atom stereocenters. The average Bonchev–Trinajstić information content (AvgIpc) is 2.37. The average molecular weight is 277 g/mol. The van der Waals surface area contributed by atoms with E-state index in [9.17, 15) is 15.0 Å². The zero-order valence-corrected chi connectivity index (χ0v) is 11.3. The van der Waals surface area contributed by atoms with Gasteiger partial charge in [-0.1, -0.05) is 13.3 Å². The maximum Gasteiger partial charge on any atom is 0.217 e. The van der Waals surface area contributed by atoms with E-state index in [1.165, 1.54) is 6.92 Å². The number of hydrogen-bond acceptors (Lipinski definition) is 6. The van der Waals surface area contributed by atoms with E-state index in [4.69, 9.17) is 14.6 Å². The number of rotatable bonds is 6. The number of unbranched alkanes of at least 4 members (excludes halogenated alkanes) is 1. The standard InChI is InChI=1S/C12H23NO6/c1-3-4-5-18-12-9(13-7(2)15)11(17)10(16)8(6-14)19-12/h8-12,14,16-17H,3-6H2,1-2H3,(H,13,15)/t8-,9-,10-,11-,12-/m1/s1. The highest BCUT2D eigenvalue weighted by Gasteiger charge is 2.45. The summed E-state index contributed by atoms with van der Waals surface area (Å²) in [7, 11) is 0. The van der Waals surface area contributed by atoms with Crippen LogP contribution in [0.4, 0.5) is 0 Å². The number of carbonyl (C=O) groups is 1. The first-order valence-corrected chi connectivity index (χ1v) is 6.52. The van der Waals surface area contributed by atoms with Gasteiger partial charge in [0.25, 0.3) is 0 Å². The Morgan fingerprint density at radius 3 is 2.58 bits per heavy atom. The van der Waals surface area contributed by atoms with Crippen LogP contribution in [-0.2, 0) is 14.3 Å². The topological polar surface area (TPSA) is 108 Å². The van der Waals surface area contributed by atoms with Gasteiger partial charge in [-0.05, 0) is 6.42 Å². The quantitative estimate of drug-likeness (QED) is 0.452. The molecule has 1 fully saturated rings. The van der Waals surface area contributed by atoms with E-state index >= 15 is 0 Å². The van der Waals surface area contributed by atoms with Crippen LogP contribution < -0.4 is 5.32 Å². The highest BCUT2D eigenvalue weighted by Crippen LogP contribution is 2.22. The summed E-state index contributed by atoms with van der Waals surface area (Å²) in [5.74, 6) is -0.355. The van der Waals surface area contributed by atoms with Crippen molar-refractivity contribution in [2.24, 2.45) is 0 Å². The van der Waals surface area contributed by atoms with E-state index in [0.717, 1.165) is 12.8 Å². The SMILES string of the molecule is CCCCO[C@@H]1O[C@H](CO)[C@@H](O)[C@H](O)[C@H]1NC(C)=O. The maximum absolute atomic E-state index is 11.1. The van der Waals surface area contributed by atoms with Crippen LogP contribution in [0.1, 0.15) is 26.7 Å². The van der Waals surface area contributed by atoms with Crippen molar-refractivity contribution in [1.82, 2.24) is 5.32 Å². The molecule has 0 aliphatic carbocycles. The molecule has 0 saturated carbocycles. The summed E-state index contributed by atoms with van der Waals surface area (Å²) in [5.41, 5.74) is 0. The second-order valence-electron chi connectivity index (χ2n) is 4.66. The lowest BCUT2D eigenvalue weighted by Gasteiger charge is -2.42. The van der Waals surface area contributed by atoms with Gasteiger partial charge in [0.2, 0.25) is 5.91 Å². The third kappa shape index (κ3) is 4.39. The Balaban J connectivity index is 2.71. The monoisotopic (exact) mass is 277 g/mol. The Labute approximate surface area is 112 Å². The van der Waals surface area contributed by atoms with Crippen LogP contribution in [0.5, 0.6) is 0 Å². The summed E-state index contributed by atoms with van der Waals surface area (Å²) >= 11 is 0. The van der Waals surface area contributed by atoms with Gasteiger partial charge in [0.05, 0.1) is 6.61 Å². The summed E-state index contributed by atoms with van der Waals surface area (Å²) in [6.45, 7) is 3.29. The van der Waals surface area contributed by atoms with Gasteiger partial charge in [0.1, 0.15) is 24.4 Å². The minimum Gasteiger partial charge on any atom is -0.394 e. The van der Waals surface area contributed by atoms with Crippen LogP contribution in [0.2, 0.25) is 0 Å². The van der Waals surface area contributed by atoms with Crippen molar-refractivity contribution in [3.05, 3.63) is 0 Å². The molecule has 1 amide bonds. The summed E-state index contributed by atoms with van der Waals surface area (Å²) in [6.07, 6.45) is -2.58. The molecule has 0 radical (unpaired) electrons. The molecular weight excluding hydrogens is 254 g/mol. The minimum atomic E-state index is -1.27. The highest BCUT2D eigenvalue weighted by molar-refractivity contribution is 5.73. The number of hydrogen-bond donors (Lipinski definition) is 4. The van der Waals surface area contributed by atoms with Crippen LogP contribution in [0.25, 0.3) is 0 Å². The summed E-state index contributed by atoms with van der Waals surface area (Å²) < 4.78 is 10.8. The predicted octanol–water partition coefficient (Wildman–Crippen LogP) is -1.25. The molecule has 1 aliphatic rings. The summed E-state index contributed by atoms with van der Waals surface area (Å²) in [5, 5.41) is 31.3. The maximum atomic E-state index is 11.1. The molecule has 0 aromatic heterocycles. The fourth-order valence-electron chi connectivity index (χ4n) is 1.96. The molecule has 1 rings (SSSR count). The van der Waals surface area contributed by atoms with E-state index in [1.807, 2.05) is 6.92 Å². The van der Waals surface area contributed by atoms with Gasteiger partial charge < -0.3 is 30.1 Å². The molecule has 5 atom stereocenters. The van der Waals surface area contributed by atoms with Crippen LogP contribution in [0.3, 0.4) is 0 Å². The van der Waals surface area contributed by atoms with E-state index < -0.39 is 37.3 Å². The van der Waals surface area contributed by atoms with Gasteiger partial charge >= 0.3 is 0 Å². The van der Waals surface area contributed by atoms with Crippen molar-refractivity contribution in [3.63, 3.8) is 0 Å². The van der Waals surface area contributed by atoms with Crippen LogP contribution in [0, 0.1) is 0 Å². The van der Waals surface area contributed by atoms with Gasteiger partial charge in [-0.3, -0.25) is 4.79 Å². The van der Waals surface area contributed by atoms with Gasteiger partial charge in [0.15, 0.2) is 6.29 Å². The minimum absolute atomic E-state index is 0.355. The van der Waals surface area contributed by atoms with E-state index in [2.05, 4.69) is 5.32 Å². The molecule has 112 valence electrons. The molecule has 4 N–H and O–H groups in total. The Hall–Kier alpha value is -0.730. The van der Waals surface area contributed by atoms with Gasteiger partial charge in [-0.15, -0.1) is 0 Å². The molecule has 7 heteroatoms. The number of aliphatic hydroxyl groups excluding tert-OH is 3. The predicted molar refractivity (Wildman–Crippen MR) is 66.2 cm³/mol. The van der Waals surface area contributed by atoms with Gasteiger partial charge in [-0.25, -0.2) is 0 Å². The van der Waals surface area contributed by atoms with Crippen molar-refractivity contribution < 1.29 is 29.6 Å². The first-order valence-electron chi connectivity index (χ1n) is 6.52. The fourth-order valence-corrected chi connectivity index (χ4v) is 1.96. The van der Waals surface area contributed by atoms with Crippen LogP contribution in [-0.4, -0.2) is 65.1 Å². The van der Waals surface area contributed by atoms with Crippen molar-refractivity contribution in [2.75, 3.05) is 13.2 Å². The Kier molecular flexibility index (Phi) is 6.67. The molecule has 1 aliphatic heterocycles. The number of ether oxygens (including phenoxy) is 2. The zero-order valence-electron chi connectivity index (χ0n) is 11.3. The van der Waals surface area contributed by atoms with Crippen molar-refractivity contribution in [1.29, 1.82) is 0 Å². The number of carbonyl (C=O) groups excluding carboxylic acids is 1. The van der Waals surface area contributed by atoms with Gasteiger partial charge in [-0.2, -0.15) is 0 Å². The van der Waals surface area contributed by atoms with Crippen molar-refractivity contribution in [3.8, 4) is 0 Å². The molecular formula is C12H23NO6. The number of aliphatic hydroxyl groups is 3. The third-order valence-corrected chi connectivity index (χ3v) is 3.03. The number of nitrogens with one attached hydrogen (secondary N) is 1. The molecule has 0 aromatic carbocycles. The lowest BCUT2D eigenvalue weighted by atomic mass is 9.97. The second kappa shape index (κ2) is 7.76. The first kappa shape index (κ1) is 16.3. The van der Waals surface area contributed by atoms with E-state index in [1.54, 1.807) is 0 Å². The molecule has 0 spiro atoms. The Bertz CT molecular complexity index is 287. The van der Waals surface area contributed by atoms with Crippen molar-refractivity contribution in [2.45, 2.75) is 57.3 Å². The molecule has 1 heterocycles. The lowest BCUT2D eigenvalue weighted by Crippen LogP contribution is -2.64. The number of amides is 1. The molecule has 1 saturated heterocycles. The van der Waals surface area contributed by atoms with Crippen LogP contribution in [0.15, 0.2) is 0 Å². The zero-order chi connectivity index (χ0) is 14.4.